The van der Waals surface area contributed by atoms with E-state index in [-0.39, 0.29) is 23.7 Å². The molecule has 0 radical (unpaired) electrons. The molecule has 9 heteroatoms. The van der Waals surface area contributed by atoms with Crippen molar-refractivity contribution in [2.75, 3.05) is 24.5 Å². The van der Waals surface area contributed by atoms with Crippen LogP contribution in [0.5, 0.6) is 0 Å². The zero-order valence-corrected chi connectivity index (χ0v) is 23.9. The minimum Gasteiger partial charge on any atom is -0.444 e. The van der Waals surface area contributed by atoms with E-state index in [0.29, 0.717) is 34.9 Å². The quantitative estimate of drug-likeness (QED) is 0.363. The maximum absolute atomic E-state index is 13.6. The second kappa shape index (κ2) is 10.1. The Morgan fingerprint density at radius 3 is 2.53 bits per heavy atom. The normalized spacial score (nSPS) is 16.6. The molecule has 0 aliphatic carbocycles. The predicted molar refractivity (Wildman–Crippen MR) is 149 cm³/mol. The van der Waals surface area contributed by atoms with Crippen LogP contribution in [0.25, 0.3) is 16.6 Å². The molecule has 192 valence electrons. The van der Waals surface area contributed by atoms with Gasteiger partial charge in [-0.05, 0) is 73.3 Å². The standard InChI is InChI=1S/C27H32BrClN4O3/c1-16(2)18-9-7-8-10-22(18)33-23-14-20(28)21(29)13-19(23)24(30-25(33)34)32-12-11-31(15-17(32)3)26(35)36-27(4,5)6/h7-10,13-14,16-17H,11-12,15H2,1-6H3. The summed E-state index contributed by atoms with van der Waals surface area (Å²) in [5, 5.41) is 1.31. The fraction of sp³-hybridized carbons (Fsp3) is 0.444. The molecule has 36 heavy (non-hydrogen) atoms. The van der Waals surface area contributed by atoms with Crippen LogP contribution in [-0.2, 0) is 4.74 Å². The minimum atomic E-state index is -0.559. The number of amides is 1. The van der Waals surface area contributed by atoms with E-state index in [4.69, 9.17) is 16.3 Å². The van der Waals surface area contributed by atoms with Gasteiger partial charge in [-0.1, -0.05) is 43.6 Å². The van der Waals surface area contributed by atoms with E-state index in [1.807, 2.05) is 64.1 Å². The van der Waals surface area contributed by atoms with Gasteiger partial charge in [0.1, 0.15) is 11.4 Å². The Morgan fingerprint density at radius 1 is 1.19 bits per heavy atom. The van der Waals surface area contributed by atoms with E-state index < -0.39 is 5.60 Å². The molecular formula is C27H32BrClN4O3. The van der Waals surface area contributed by atoms with Gasteiger partial charge in [0.2, 0.25) is 0 Å². The molecule has 1 fully saturated rings. The van der Waals surface area contributed by atoms with Gasteiger partial charge >= 0.3 is 11.8 Å². The fourth-order valence-corrected chi connectivity index (χ4v) is 5.09. The molecule has 1 aromatic heterocycles. The highest BCUT2D eigenvalue weighted by Gasteiger charge is 2.32. The van der Waals surface area contributed by atoms with Gasteiger partial charge in [0.25, 0.3) is 0 Å². The van der Waals surface area contributed by atoms with E-state index in [0.717, 1.165) is 22.2 Å². The van der Waals surface area contributed by atoms with Gasteiger partial charge < -0.3 is 14.5 Å². The number of para-hydroxylation sites is 1. The maximum atomic E-state index is 13.6. The number of rotatable bonds is 3. The van der Waals surface area contributed by atoms with Crippen LogP contribution >= 0.6 is 27.5 Å². The zero-order chi connectivity index (χ0) is 26.4. The molecular weight excluding hydrogens is 544 g/mol. The van der Waals surface area contributed by atoms with Crippen LogP contribution in [0.1, 0.15) is 53.0 Å². The third kappa shape index (κ3) is 5.25. The Labute approximate surface area is 225 Å². The van der Waals surface area contributed by atoms with E-state index >= 15 is 0 Å². The number of hydrogen-bond donors (Lipinski definition) is 0. The van der Waals surface area contributed by atoms with Crippen molar-refractivity contribution < 1.29 is 9.53 Å². The summed E-state index contributed by atoms with van der Waals surface area (Å²) in [5.74, 6) is 0.790. The maximum Gasteiger partial charge on any atom is 0.410 e. The molecule has 1 unspecified atom stereocenters. The summed E-state index contributed by atoms with van der Waals surface area (Å²) >= 11 is 10.1. The molecule has 0 saturated carbocycles. The summed E-state index contributed by atoms with van der Waals surface area (Å²) in [6, 6.07) is 11.5. The third-order valence-corrected chi connectivity index (χ3v) is 7.46. The number of piperazine rings is 1. The average molecular weight is 576 g/mol. The largest absolute Gasteiger partial charge is 0.444 e. The fourth-order valence-electron chi connectivity index (χ4n) is 4.60. The summed E-state index contributed by atoms with van der Waals surface area (Å²) in [6.07, 6.45) is -0.334. The van der Waals surface area contributed by atoms with Crippen LogP contribution in [0.15, 0.2) is 45.7 Å². The number of anilines is 1. The third-order valence-electron chi connectivity index (χ3n) is 6.26. The van der Waals surface area contributed by atoms with E-state index in [1.54, 1.807) is 9.47 Å². The molecule has 1 aliphatic rings. The van der Waals surface area contributed by atoms with Gasteiger partial charge in [0.15, 0.2) is 0 Å². The predicted octanol–water partition coefficient (Wildman–Crippen LogP) is 6.37. The molecule has 7 nitrogen and oxygen atoms in total. The second-order valence-electron chi connectivity index (χ2n) is 10.5. The Bertz CT molecular complexity index is 1370. The number of carbonyl (C=O) groups excluding carboxylic acids is 1. The summed E-state index contributed by atoms with van der Waals surface area (Å²) in [4.78, 5) is 34.6. The zero-order valence-electron chi connectivity index (χ0n) is 21.5. The summed E-state index contributed by atoms with van der Waals surface area (Å²) in [5.41, 5.74) is 1.66. The first kappa shape index (κ1) is 26.5. The van der Waals surface area contributed by atoms with Crippen molar-refractivity contribution in [3.05, 3.63) is 61.9 Å². The highest BCUT2D eigenvalue weighted by Crippen LogP contribution is 2.35. The van der Waals surface area contributed by atoms with Crippen LogP contribution in [-0.4, -0.2) is 51.8 Å². The minimum absolute atomic E-state index is 0.0809. The highest BCUT2D eigenvalue weighted by molar-refractivity contribution is 9.10. The number of benzene rings is 2. The van der Waals surface area contributed by atoms with Crippen LogP contribution in [0, 0.1) is 0 Å². The Hall–Kier alpha value is -2.58. The van der Waals surface area contributed by atoms with Crippen LogP contribution in [0.4, 0.5) is 10.6 Å². The van der Waals surface area contributed by atoms with Gasteiger partial charge in [0, 0.05) is 35.5 Å². The van der Waals surface area contributed by atoms with E-state index in [1.165, 1.54) is 0 Å². The first-order valence-corrected chi connectivity index (χ1v) is 13.3. The van der Waals surface area contributed by atoms with Crippen LogP contribution in [0.2, 0.25) is 5.02 Å². The first-order valence-electron chi connectivity index (χ1n) is 12.1. The highest BCUT2D eigenvalue weighted by atomic mass is 79.9. The number of aromatic nitrogens is 2. The molecule has 1 saturated heterocycles. The molecule has 1 amide bonds. The summed E-state index contributed by atoms with van der Waals surface area (Å²) in [6.45, 7) is 13.2. The van der Waals surface area contributed by atoms with Gasteiger partial charge in [-0.3, -0.25) is 4.57 Å². The Balaban J connectivity index is 1.81. The number of halogens is 2. The topological polar surface area (TPSA) is 67.7 Å². The van der Waals surface area contributed by atoms with Crippen LogP contribution < -0.4 is 10.6 Å². The van der Waals surface area contributed by atoms with Gasteiger partial charge in [0.05, 0.1) is 16.2 Å². The Morgan fingerprint density at radius 2 is 1.89 bits per heavy atom. The lowest BCUT2D eigenvalue weighted by Gasteiger charge is -2.41. The second-order valence-corrected chi connectivity index (χ2v) is 11.8. The number of carbonyl (C=O) groups is 1. The van der Waals surface area contributed by atoms with Gasteiger partial charge in [-0.2, -0.15) is 4.98 Å². The molecule has 2 heterocycles. The lowest BCUT2D eigenvalue weighted by Crippen LogP contribution is -2.55. The lowest BCUT2D eigenvalue weighted by atomic mass is 10.0. The molecule has 3 aromatic rings. The molecule has 2 aromatic carbocycles. The van der Waals surface area contributed by atoms with Gasteiger partial charge in [-0.15, -0.1) is 0 Å². The molecule has 0 N–H and O–H groups in total. The monoisotopic (exact) mass is 574 g/mol. The lowest BCUT2D eigenvalue weighted by molar-refractivity contribution is 0.0218. The van der Waals surface area contributed by atoms with Crippen molar-refractivity contribution in [2.24, 2.45) is 0 Å². The summed E-state index contributed by atoms with van der Waals surface area (Å²) < 4.78 is 7.92. The van der Waals surface area contributed by atoms with Crippen LogP contribution in [0.3, 0.4) is 0 Å². The number of nitrogens with zero attached hydrogens (tertiary/aromatic N) is 4. The molecule has 1 atom stereocenters. The van der Waals surface area contributed by atoms with Gasteiger partial charge in [-0.25, -0.2) is 9.59 Å². The smallest absolute Gasteiger partial charge is 0.410 e. The number of fused-ring (bicyclic) bond motifs is 1. The molecule has 1 aliphatic heterocycles. The van der Waals surface area contributed by atoms with Crippen molar-refractivity contribution in [2.45, 2.75) is 59.1 Å². The van der Waals surface area contributed by atoms with Crippen molar-refractivity contribution >= 4 is 50.3 Å². The van der Waals surface area contributed by atoms with Crippen molar-refractivity contribution in [3.8, 4) is 5.69 Å². The van der Waals surface area contributed by atoms with E-state index in [2.05, 4.69) is 39.7 Å². The van der Waals surface area contributed by atoms with Crippen molar-refractivity contribution in [3.63, 3.8) is 0 Å². The van der Waals surface area contributed by atoms with Crippen molar-refractivity contribution in [1.82, 2.24) is 14.5 Å². The van der Waals surface area contributed by atoms with Crippen molar-refractivity contribution in [1.29, 1.82) is 0 Å². The van der Waals surface area contributed by atoms with E-state index in [9.17, 15) is 9.59 Å². The Kier molecular flexibility index (Phi) is 7.40. The molecule has 4 rings (SSSR count). The average Bonchev–Trinajstić information content (AvgIpc) is 2.79. The summed E-state index contributed by atoms with van der Waals surface area (Å²) in [7, 11) is 0. The number of ether oxygens (including phenoxy) is 1. The SMILES string of the molecule is CC(C)c1ccccc1-n1c(=O)nc(N2CCN(C(=O)OC(C)(C)C)CC2C)c2cc(Cl)c(Br)cc21. The first-order chi connectivity index (χ1) is 16.9. The number of hydrogen-bond acceptors (Lipinski definition) is 5. The molecule has 0 bridgehead atoms. The molecule has 0 spiro atoms.